The maximum atomic E-state index is 12.8. The second kappa shape index (κ2) is 11.5. The van der Waals surface area contributed by atoms with E-state index in [2.05, 4.69) is 15.8 Å². The molecule has 2 atom stereocenters. The van der Waals surface area contributed by atoms with E-state index in [0.29, 0.717) is 23.2 Å². The normalized spacial score (nSPS) is 12.7. The highest BCUT2D eigenvalue weighted by molar-refractivity contribution is 6.04. The van der Waals surface area contributed by atoms with Gasteiger partial charge in [0.2, 0.25) is 6.10 Å². The number of rotatable bonds is 9. The third kappa shape index (κ3) is 6.93. The first-order valence-corrected chi connectivity index (χ1v) is 10.7. The molecule has 0 heterocycles. The van der Waals surface area contributed by atoms with E-state index in [9.17, 15) is 14.7 Å². The summed E-state index contributed by atoms with van der Waals surface area (Å²) in [6.45, 7) is 3.48. The van der Waals surface area contributed by atoms with Gasteiger partial charge in [0.25, 0.3) is 11.8 Å². The van der Waals surface area contributed by atoms with Crippen LogP contribution in [-0.4, -0.2) is 35.3 Å². The summed E-state index contributed by atoms with van der Waals surface area (Å²) in [6.07, 6.45) is 1.11. The number of carbonyl (C=O) groups excluding carboxylic acids is 2. The number of nitrogens with one attached hydrogen (secondary N) is 2. The number of amides is 2. The van der Waals surface area contributed by atoms with E-state index in [-0.39, 0.29) is 17.7 Å². The van der Waals surface area contributed by atoms with Gasteiger partial charge >= 0.3 is 0 Å². The van der Waals surface area contributed by atoms with Gasteiger partial charge in [-0.2, -0.15) is 0 Å². The fourth-order valence-corrected chi connectivity index (χ4v) is 3.17. The van der Waals surface area contributed by atoms with Crippen LogP contribution in [0.2, 0.25) is 0 Å². The number of hydrogen-bond donors (Lipinski definition) is 3. The highest BCUT2D eigenvalue weighted by Gasteiger charge is 2.19. The Bertz CT molecular complexity index is 1120. The zero-order valence-corrected chi connectivity index (χ0v) is 18.6. The van der Waals surface area contributed by atoms with Gasteiger partial charge in [-0.25, -0.2) is 0 Å². The monoisotopic (exact) mass is 445 g/mol. The molecule has 0 aliphatic heterocycles. The highest BCUT2D eigenvalue weighted by Crippen LogP contribution is 2.17. The van der Waals surface area contributed by atoms with Gasteiger partial charge in [0, 0.05) is 11.6 Å². The van der Waals surface area contributed by atoms with Gasteiger partial charge in [0.1, 0.15) is 5.75 Å². The minimum atomic E-state index is -0.916. The second-order valence-corrected chi connectivity index (χ2v) is 7.64. The van der Waals surface area contributed by atoms with Crippen molar-refractivity contribution < 1.29 is 19.5 Å². The summed E-state index contributed by atoms with van der Waals surface area (Å²) in [5.41, 5.74) is 2.33. The van der Waals surface area contributed by atoms with Gasteiger partial charge in [-0.15, -0.1) is 0 Å². The molecule has 0 fully saturated rings. The van der Waals surface area contributed by atoms with Crippen LogP contribution in [0.5, 0.6) is 5.75 Å². The van der Waals surface area contributed by atoms with Crippen molar-refractivity contribution in [2.75, 3.05) is 5.32 Å². The van der Waals surface area contributed by atoms with Gasteiger partial charge in [0.15, 0.2) is 0 Å². The van der Waals surface area contributed by atoms with Crippen LogP contribution >= 0.6 is 0 Å². The van der Waals surface area contributed by atoms with Crippen molar-refractivity contribution in [3.05, 3.63) is 95.6 Å². The molecule has 0 spiro atoms. The largest absolute Gasteiger partial charge is 0.507 e. The van der Waals surface area contributed by atoms with E-state index in [1.165, 1.54) is 12.3 Å². The lowest BCUT2D eigenvalue weighted by molar-refractivity contribution is -0.126. The first-order chi connectivity index (χ1) is 15.9. The highest BCUT2D eigenvalue weighted by atomic mass is 16.6. The van der Waals surface area contributed by atoms with Crippen molar-refractivity contribution in [2.45, 2.75) is 32.4 Å². The molecule has 33 heavy (non-hydrogen) atoms. The Labute approximate surface area is 193 Å². The molecule has 0 aliphatic carbocycles. The number of aromatic hydroxyl groups is 1. The quantitative estimate of drug-likeness (QED) is 0.341. The molecule has 7 heteroatoms. The predicted molar refractivity (Wildman–Crippen MR) is 128 cm³/mol. The van der Waals surface area contributed by atoms with E-state index in [0.717, 1.165) is 5.56 Å². The number of anilines is 1. The number of benzene rings is 3. The minimum Gasteiger partial charge on any atom is -0.507 e. The second-order valence-electron chi connectivity index (χ2n) is 7.64. The smallest absolute Gasteiger partial charge is 0.268 e. The van der Waals surface area contributed by atoms with E-state index in [4.69, 9.17) is 4.84 Å². The first-order valence-electron chi connectivity index (χ1n) is 10.7. The van der Waals surface area contributed by atoms with Crippen molar-refractivity contribution >= 4 is 23.7 Å². The van der Waals surface area contributed by atoms with Crippen LogP contribution in [0.15, 0.2) is 84.0 Å². The summed E-state index contributed by atoms with van der Waals surface area (Å²) in [7, 11) is 0. The lowest BCUT2D eigenvalue weighted by atomic mass is 10.1. The molecular formula is C26H27N3O4. The Morgan fingerprint density at radius 2 is 1.64 bits per heavy atom. The Kier molecular flexibility index (Phi) is 8.18. The van der Waals surface area contributed by atoms with E-state index >= 15 is 0 Å². The topological polar surface area (TPSA) is 100 Å². The fraction of sp³-hybridized carbons (Fsp3) is 0.192. The molecule has 0 radical (unpaired) electrons. The molecule has 3 aromatic rings. The van der Waals surface area contributed by atoms with Crippen LogP contribution in [-0.2, 0) is 16.1 Å². The SMILES string of the molecule is CC(Cc1ccccc1)NC(=O)c1ccccc1NC(=O)C(C)O/N=C\c1ccccc1O. The van der Waals surface area contributed by atoms with Crippen LogP contribution < -0.4 is 10.6 Å². The lowest BCUT2D eigenvalue weighted by Crippen LogP contribution is -2.35. The van der Waals surface area contributed by atoms with Crippen molar-refractivity contribution in [3.8, 4) is 5.75 Å². The van der Waals surface area contributed by atoms with Gasteiger partial charge in [-0.05, 0) is 50.1 Å². The minimum absolute atomic E-state index is 0.0587. The van der Waals surface area contributed by atoms with Crippen molar-refractivity contribution in [1.29, 1.82) is 0 Å². The summed E-state index contributed by atoms with van der Waals surface area (Å²) in [5, 5.41) is 19.2. The Morgan fingerprint density at radius 1 is 0.970 bits per heavy atom. The van der Waals surface area contributed by atoms with Crippen LogP contribution in [0, 0.1) is 0 Å². The molecule has 170 valence electrons. The van der Waals surface area contributed by atoms with E-state index in [1.807, 2.05) is 37.3 Å². The van der Waals surface area contributed by atoms with E-state index in [1.54, 1.807) is 49.4 Å². The van der Waals surface area contributed by atoms with Crippen LogP contribution in [0.25, 0.3) is 0 Å². The molecule has 0 saturated heterocycles. The molecule has 7 nitrogen and oxygen atoms in total. The van der Waals surface area contributed by atoms with Crippen molar-refractivity contribution in [1.82, 2.24) is 5.32 Å². The first kappa shape index (κ1) is 23.5. The van der Waals surface area contributed by atoms with Crippen molar-refractivity contribution in [2.24, 2.45) is 5.16 Å². The standard InChI is InChI=1S/C26H27N3O4/c1-18(16-20-10-4-3-5-11-20)28-26(32)22-13-7-8-14-23(22)29-25(31)19(2)33-27-17-21-12-6-9-15-24(21)30/h3-15,17-19,30H,16H2,1-2H3,(H,28,32)(H,29,31)/b27-17-. The van der Waals surface area contributed by atoms with Crippen LogP contribution in [0.1, 0.15) is 35.3 Å². The number of para-hydroxylation sites is 2. The predicted octanol–water partition coefficient (Wildman–Crippen LogP) is 4.13. The molecule has 0 bridgehead atoms. The zero-order valence-electron chi connectivity index (χ0n) is 18.6. The third-order valence-electron chi connectivity index (χ3n) is 4.91. The Morgan fingerprint density at radius 3 is 2.39 bits per heavy atom. The van der Waals surface area contributed by atoms with Gasteiger partial charge in [0.05, 0.1) is 17.5 Å². The summed E-state index contributed by atoms with van der Waals surface area (Å²) >= 11 is 0. The molecule has 3 rings (SSSR count). The molecule has 2 amide bonds. The third-order valence-corrected chi connectivity index (χ3v) is 4.91. The Balaban J connectivity index is 1.59. The van der Waals surface area contributed by atoms with Gasteiger partial charge < -0.3 is 20.6 Å². The molecule has 0 saturated carbocycles. The number of phenolic OH excluding ortho intramolecular Hbond substituents is 1. The number of phenols is 1. The Hall–Kier alpha value is -4.13. The number of nitrogens with zero attached hydrogens (tertiary/aromatic N) is 1. The summed E-state index contributed by atoms with van der Waals surface area (Å²) < 4.78 is 0. The number of carbonyl (C=O) groups is 2. The average molecular weight is 446 g/mol. The number of oxime groups is 1. The van der Waals surface area contributed by atoms with E-state index < -0.39 is 12.0 Å². The van der Waals surface area contributed by atoms with Crippen molar-refractivity contribution in [3.63, 3.8) is 0 Å². The summed E-state index contributed by atoms with van der Waals surface area (Å²) in [4.78, 5) is 30.6. The summed E-state index contributed by atoms with van der Waals surface area (Å²) in [6, 6.07) is 23.2. The van der Waals surface area contributed by atoms with Crippen LogP contribution in [0.3, 0.4) is 0 Å². The molecule has 3 N–H and O–H groups in total. The maximum absolute atomic E-state index is 12.8. The molecule has 3 aromatic carbocycles. The van der Waals surface area contributed by atoms with Crippen LogP contribution in [0.4, 0.5) is 5.69 Å². The fourth-order valence-electron chi connectivity index (χ4n) is 3.17. The molecule has 2 unspecified atom stereocenters. The average Bonchev–Trinajstić information content (AvgIpc) is 2.81. The summed E-state index contributed by atoms with van der Waals surface area (Å²) in [5.74, 6) is -0.675. The lowest BCUT2D eigenvalue weighted by Gasteiger charge is -2.17. The number of hydrogen-bond acceptors (Lipinski definition) is 5. The molecule has 0 aromatic heterocycles. The molecular weight excluding hydrogens is 418 g/mol. The molecule has 0 aliphatic rings. The maximum Gasteiger partial charge on any atom is 0.268 e. The zero-order chi connectivity index (χ0) is 23.6. The van der Waals surface area contributed by atoms with Gasteiger partial charge in [-0.1, -0.05) is 59.8 Å². The van der Waals surface area contributed by atoms with Gasteiger partial charge in [-0.3, -0.25) is 9.59 Å².